The van der Waals surface area contributed by atoms with E-state index in [-0.39, 0.29) is 22.2 Å². The highest BCUT2D eigenvalue weighted by Gasteiger charge is 2.37. The van der Waals surface area contributed by atoms with Crippen molar-refractivity contribution in [1.29, 1.82) is 0 Å². The number of aliphatic carboxylic acids is 2. The van der Waals surface area contributed by atoms with Crippen LogP contribution in [0.3, 0.4) is 0 Å². The Morgan fingerprint density at radius 1 is 1.11 bits per heavy atom. The van der Waals surface area contributed by atoms with E-state index in [1.54, 1.807) is 45.0 Å². The van der Waals surface area contributed by atoms with Gasteiger partial charge in [-0.1, -0.05) is 24.3 Å². The van der Waals surface area contributed by atoms with Crippen LogP contribution < -0.4 is 5.32 Å². The van der Waals surface area contributed by atoms with Crippen LogP contribution in [0.2, 0.25) is 0 Å². The van der Waals surface area contributed by atoms with Gasteiger partial charge in [0.1, 0.15) is 4.48 Å². The molecule has 7 nitrogen and oxygen atoms in total. The molecule has 2 rings (SSSR count). The van der Waals surface area contributed by atoms with E-state index in [4.69, 9.17) is 4.74 Å². The summed E-state index contributed by atoms with van der Waals surface area (Å²) in [5.74, 6) is -4.02. The second-order valence-electron chi connectivity index (χ2n) is 6.09. The molecular weight excluding hydrogens is 430 g/mol. The van der Waals surface area contributed by atoms with Crippen molar-refractivity contribution in [2.24, 2.45) is 0 Å². The first-order chi connectivity index (χ1) is 13.2. The third kappa shape index (κ3) is 4.33. The Morgan fingerprint density at radius 3 is 2.14 bits per heavy atom. The summed E-state index contributed by atoms with van der Waals surface area (Å²) >= 11 is 3.17. The van der Waals surface area contributed by atoms with Crippen LogP contribution in [0.15, 0.2) is 51.3 Å². The van der Waals surface area contributed by atoms with Crippen LogP contribution in [0.5, 0.6) is 0 Å². The molecule has 1 heterocycles. The Balaban J connectivity index is 2.71. The first kappa shape index (κ1) is 21.4. The van der Waals surface area contributed by atoms with Crippen LogP contribution in [-0.2, 0) is 19.1 Å². The minimum atomic E-state index is -1.22. The summed E-state index contributed by atoms with van der Waals surface area (Å²) in [6.45, 7) is 5.06. The van der Waals surface area contributed by atoms with Crippen molar-refractivity contribution < 1.29 is 29.3 Å². The zero-order valence-corrected chi connectivity index (χ0v) is 17.2. The molecule has 3 N–H and O–H groups in total. The molecule has 0 radical (unpaired) electrons. The van der Waals surface area contributed by atoms with Crippen LogP contribution in [0, 0.1) is 0 Å². The Morgan fingerprint density at radius 2 is 1.64 bits per heavy atom. The van der Waals surface area contributed by atoms with Crippen LogP contribution in [0.4, 0.5) is 0 Å². The van der Waals surface area contributed by atoms with E-state index in [1.165, 1.54) is 6.08 Å². The lowest BCUT2D eigenvalue weighted by Gasteiger charge is -2.29. The predicted octanol–water partition coefficient (Wildman–Crippen LogP) is 3.39. The number of carbonyl (C=O) groups excluding carboxylic acids is 1. The number of esters is 1. The van der Waals surface area contributed by atoms with Crippen molar-refractivity contribution in [2.75, 3.05) is 6.61 Å². The molecule has 148 valence electrons. The lowest BCUT2D eigenvalue weighted by molar-refractivity contribution is -0.137. The van der Waals surface area contributed by atoms with Gasteiger partial charge in [0, 0.05) is 11.4 Å². The quantitative estimate of drug-likeness (QED) is 0.450. The molecule has 0 saturated heterocycles. The molecule has 0 amide bonds. The molecule has 0 saturated carbocycles. The fourth-order valence-corrected chi connectivity index (χ4v) is 3.53. The molecule has 0 fully saturated rings. The van der Waals surface area contributed by atoms with E-state index in [9.17, 15) is 24.6 Å². The Kier molecular flexibility index (Phi) is 6.80. The number of rotatable bonds is 6. The van der Waals surface area contributed by atoms with E-state index in [1.807, 2.05) is 0 Å². The van der Waals surface area contributed by atoms with Crippen molar-refractivity contribution in [3.05, 3.63) is 62.4 Å². The van der Waals surface area contributed by atoms with Gasteiger partial charge in [0.2, 0.25) is 0 Å². The topological polar surface area (TPSA) is 113 Å². The summed E-state index contributed by atoms with van der Waals surface area (Å²) in [5, 5.41) is 22.3. The molecule has 0 spiro atoms. The van der Waals surface area contributed by atoms with Crippen molar-refractivity contribution in [2.45, 2.75) is 26.7 Å². The number of allylic oxidation sites excluding steroid dienone is 2. The fraction of sp³-hybridized carbons (Fsp3) is 0.250. The second kappa shape index (κ2) is 8.88. The summed E-state index contributed by atoms with van der Waals surface area (Å²) in [5.41, 5.74) is 1.57. The molecule has 1 aliphatic rings. The van der Waals surface area contributed by atoms with Crippen LogP contribution in [0.25, 0.3) is 6.08 Å². The highest BCUT2D eigenvalue weighted by molar-refractivity contribution is 9.12. The monoisotopic (exact) mass is 449 g/mol. The number of carbonyl (C=O) groups is 3. The third-order valence-electron chi connectivity index (χ3n) is 4.28. The van der Waals surface area contributed by atoms with Gasteiger partial charge in [-0.2, -0.15) is 0 Å². The van der Waals surface area contributed by atoms with Gasteiger partial charge in [-0.25, -0.2) is 14.4 Å². The van der Waals surface area contributed by atoms with Crippen molar-refractivity contribution in [3.8, 4) is 0 Å². The molecule has 1 aromatic rings. The summed E-state index contributed by atoms with van der Waals surface area (Å²) < 4.78 is 5.09. The van der Waals surface area contributed by atoms with E-state index in [0.29, 0.717) is 22.5 Å². The number of hydrogen-bond donors (Lipinski definition) is 3. The number of benzene rings is 1. The van der Waals surface area contributed by atoms with Crippen molar-refractivity contribution in [3.63, 3.8) is 0 Å². The van der Waals surface area contributed by atoms with E-state index in [2.05, 4.69) is 21.2 Å². The summed E-state index contributed by atoms with van der Waals surface area (Å²) in [7, 11) is 0. The molecule has 1 aromatic carbocycles. The van der Waals surface area contributed by atoms with Gasteiger partial charge in [0.15, 0.2) is 0 Å². The summed E-state index contributed by atoms with van der Waals surface area (Å²) in [4.78, 5) is 35.8. The Labute approximate surface area is 170 Å². The minimum Gasteiger partial charge on any atom is -0.478 e. The number of halogens is 1. The number of ether oxygens (including phenoxy) is 1. The molecular formula is C20H20BrNO6. The molecule has 8 heteroatoms. The standard InChI is InChI=1S/C20H20BrNO6/c1-4-28-20(27)14(21)9-12-7-5-6-8-13(12)17-15(18(23)24)10(2)22-11(3)16(17)19(25)26/h5-9,17,22H,4H2,1-3H3,(H,23,24)(H,25,26). The molecule has 0 aliphatic carbocycles. The number of carboxylic acids is 2. The molecule has 0 bridgehead atoms. The van der Waals surface area contributed by atoms with Gasteiger partial charge in [-0.05, 0) is 53.9 Å². The Bertz CT molecular complexity index is 892. The molecule has 28 heavy (non-hydrogen) atoms. The largest absolute Gasteiger partial charge is 0.478 e. The highest BCUT2D eigenvalue weighted by Crippen LogP contribution is 2.40. The zero-order valence-electron chi connectivity index (χ0n) is 15.6. The number of dihydropyridines is 1. The first-order valence-electron chi connectivity index (χ1n) is 8.47. The summed E-state index contributed by atoms with van der Waals surface area (Å²) in [6, 6.07) is 6.74. The second-order valence-corrected chi connectivity index (χ2v) is 6.94. The average Bonchev–Trinajstić information content (AvgIpc) is 2.60. The molecule has 0 aromatic heterocycles. The Hall–Kier alpha value is -2.87. The number of carboxylic acid groups (broad SMARTS) is 2. The third-order valence-corrected chi connectivity index (χ3v) is 4.83. The highest BCUT2D eigenvalue weighted by atomic mass is 79.9. The first-order valence-corrected chi connectivity index (χ1v) is 9.26. The maximum absolute atomic E-state index is 11.9. The van der Waals surface area contributed by atoms with Gasteiger partial charge in [0.25, 0.3) is 0 Å². The van der Waals surface area contributed by atoms with Gasteiger partial charge in [-0.3, -0.25) is 0 Å². The predicted molar refractivity (Wildman–Crippen MR) is 107 cm³/mol. The lowest BCUT2D eigenvalue weighted by Crippen LogP contribution is -2.31. The molecule has 0 unspecified atom stereocenters. The van der Waals surface area contributed by atoms with Gasteiger partial charge >= 0.3 is 17.9 Å². The van der Waals surface area contributed by atoms with E-state index >= 15 is 0 Å². The lowest BCUT2D eigenvalue weighted by atomic mass is 9.78. The normalized spacial score (nSPS) is 15.4. The SMILES string of the molecule is CCOC(=O)C(Br)=Cc1ccccc1C1C(C(=O)O)=C(C)NC(C)=C1C(=O)O. The minimum absolute atomic E-state index is 0.0592. The molecule has 1 aliphatic heterocycles. The molecule has 0 atom stereocenters. The van der Waals surface area contributed by atoms with Gasteiger partial charge in [-0.15, -0.1) is 0 Å². The smallest absolute Gasteiger partial charge is 0.345 e. The average molecular weight is 450 g/mol. The fourth-order valence-electron chi connectivity index (χ4n) is 3.17. The van der Waals surface area contributed by atoms with Crippen LogP contribution in [0.1, 0.15) is 37.8 Å². The maximum atomic E-state index is 11.9. The zero-order chi connectivity index (χ0) is 21.0. The number of hydrogen-bond acceptors (Lipinski definition) is 5. The summed E-state index contributed by atoms with van der Waals surface area (Å²) in [6.07, 6.45) is 1.50. The van der Waals surface area contributed by atoms with Crippen LogP contribution in [-0.4, -0.2) is 34.7 Å². The van der Waals surface area contributed by atoms with E-state index in [0.717, 1.165) is 0 Å². The van der Waals surface area contributed by atoms with Crippen molar-refractivity contribution in [1.82, 2.24) is 5.32 Å². The number of nitrogens with one attached hydrogen (secondary N) is 1. The van der Waals surface area contributed by atoms with E-state index < -0.39 is 23.8 Å². The van der Waals surface area contributed by atoms with Gasteiger partial charge in [0.05, 0.1) is 23.7 Å². The van der Waals surface area contributed by atoms with Gasteiger partial charge < -0.3 is 20.3 Å². The van der Waals surface area contributed by atoms with Crippen molar-refractivity contribution >= 4 is 39.9 Å². The maximum Gasteiger partial charge on any atom is 0.345 e. The van der Waals surface area contributed by atoms with Crippen LogP contribution >= 0.6 is 15.9 Å².